The van der Waals surface area contributed by atoms with Crippen molar-refractivity contribution in [2.45, 2.75) is 13.1 Å². The zero-order valence-electron chi connectivity index (χ0n) is 13.6. The van der Waals surface area contributed by atoms with E-state index in [1.54, 1.807) is 12.1 Å². The Bertz CT molecular complexity index is 558. The van der Waals surface area contributed by atoms with Crippen LogP contribution in [0.4, 0.5) is 0 Å². The lowest BCUT2D eigenvalue weighted by Crippen LogP contribution is -2.17. The summed E-state index contributed by atoms with van der Waals surface area (Å²) >= 11 is 0. The molecule has 0 aliphatic rings. The highest BCUT2D eigenvalue weighted by molar-refractivity contribution is 8.76. The Morgan fingerprint density at radius 3 is 1.50 bits per heavy atom. The van der Waals surface area contributed by atoms with E-state index in [-0.39, 0.29) is 0 Å². The molecule has 130 valence electrons. The lowest BCUT2D eigenvalue weighted by atomic mass is 10.2. The molecular weight excluding hydrogens is 340 g/mol. The second kappa shape index (κ2) is 11.3. The number of para-hydroxylation sites is 2. The van der Waals surface area contributed by atoms with Gasteiger partial charge in [-0.15, -0.1) is 0 Å². The number of nitrogens with one attached hydrogen (secondary N) is 2. The molecule has 6 heteroatoms. The molecule has 2 aromatic rings. The molecule has 0 unspecified atom stereocenters. The van der Waals surface area contributed by atoms with Crippen molar-refractivity contribution < 1.29 is 10.2 Å². The second-order valence-electron chi connectivity index (χ2n) is 5.25. The predicted octanol–water partition coefficient (Wildman–Crippen LogP) is 3.36. The Morgan fingerprint density at radius 1 is 0.667 bits per heavy atom. The molecule has 0 amide bonds. The van der Waals surface area contributed by atoms with Gasteiger partial charge in [-0.25, -0.2) is 0 Å². The number of phenols is 2. The Labute approximate surface area is 151 Å². The lowest BCUT2D eigenvalue weighted by Gasteiger charge is -2.07. The molecule has 0 spiro atoms. The zero-order valence-corrected chi connectivity index (χ0v) is 15.2. The van der Waals surface area contributed by atoms with Crippen LogP contribution in [0.25, 0.3) is 0 Å². The molecule has 4 nitrogen and oxygen atoms in total. The van der Waals surface area contributed by atoms with Crippen LogP contribution in [0.1, 0.15) is 11.1 Å². The van der Waals surface area contributed by atoms with Gasteiger partial charge < -0.3 is 20.8 Å². The maximum absolute atomic E-state index is 9.66. The summed E-state index contributed by atoms with van der Waals surface area (Å²) in [4.78, 5) is 0. The highest BCUT2D eigenvalue weighted by Crippen LogP contribution is 2.20. The number of benzene rings is 2. The predicted molar refractivity (Wildman–Crippen MR) is 105 cm³/mol. The van der Waals surface area contributed by atoms with E-state index in [2.05, 4.69) is 10.6 Å². The van der Waals surface area contributed by atoms with E-state index < -0.39 is 0 Å². The highest BCUT2D eigenvalue weighted by Gasteiger charge is 2.00. The number of hydrogen-bond acceptors (Lipinski definition) is 6. The van der Waals surface area contributed by atoms with Gasteiger partial charge in [-0.3, -0.25) is 0 Å². The first-order valence-corrected chi connectivity index (χ1v) is 10.5. The first kappa shape index (κ1) is 19.0. The zero-order chi connectivity index (χ0) is 17.0. The highest BCUT2D eigenvalue weighted by atomic mass is 33.1. The average molecular weight is 365 g/mol. The SMILES string of the molecule is Oc1ccccc1CNCCSSCCNCc1ccccc1O. The third-order valence-electron chi connectivity index (χ3n) is 3.42. The monoisotopic (exact) mass is 364 g/mol. The molecule has 0 fully saturated rings. The molecule has 0 saturated heterocycles. The topological polar surface area (TPSA) is 64.5 Å². The number of hydrogen-bond donors (Lipinski definition) is 4. The summed E-state index contributed by atoms with van der Waals surface area (Å²) in [5, 5.41) is 26.0. The molecule has 0 heterocycles. The number of phenolic OH excluding ortho intramolecular Hbond substituents is 2. The van der Waals surface area contributed by atoms with Gasteiger partial charge >= 0.3 is 0 Å². The van der Waals surface area contributed by atoms with Gasteiger partial charge in [0.15, 0.2) is 0 Å². The van der Waals surface area contributed by atoms with Gasteiger partial charge in [0.05, 0.1) is 0 Å². The van der Waals surface area contributed by atoms with Crippen LogP contribution in [0.3, 0.4) is 0 Å². The van der Waals surface area contributed by atoms with Crippen molar-refractivity contribution in [3.8, 4) is 11.5 Å². The van der Waals surface area contributed by atoms with Crippen molar-refractivity contribution in [1.82, 2.24) is 10.6 Å². The summed E-state index contributed by atoms with van der Waals surface area (Å²) in [6.45, 7) is 3.22. The van der Waals surface area contributed by atoms with Gasteiger partial charge in [-0.05, 0) is 12.1 Å². The third kappa shape index (κ3) is 7.05. The minimum Gasteiger partial charge on any atom is -0.508 e. The van der Waals surface area contributed by atoms with Gasteiger partial charge in [-0.2, -0.15) is 0 Å². The van der Waals surface area contributed by atoms with Gasteiger partial charge in [0.25, 0.3) is 0 Å². The Balaban J connectivity index is 1.43. The molecule has 0 radical (unpaired) electrons. The smallest absolute Gasteiger partial charge is 0.120 e. The van der Waals surface area contributed by atoms with Crippen LogP contribution in [0.5, 0.6) is 11.5 Å². The summed E-state index contributed by atoms with van der Waals surface area (Å²) < 4.78 is 0. The van der Waals surface area contributed by atoms with Crippen LogP contribution < -0.4 is 10.6 Å². The Hall–Kier alpha value is -1.34. The summed E-state index contributed by atoms with van der Waals surface area (Å²) in [5.74, 6) is 2.75. The van der Waals surface area contributed by atoms with E-state index in [4.69, 9.17) is 0 Å². The van der Waals surface area contributed by atoms with Crippen LogP contribution in [0, 0.1) is 0 Å². The van der Waals surface area contributed by atoms with E-state index in [0.29, 0.717) is 24.6 Å². The van der Waals surface area contributed by atoms with Gasteiger partial charge in [-0.1, -0.05) is 58.0 Å². The minimum absolute atomic E-state index is 0.350. The number of aromatic hydroxyl groups is 2. The minimum atomic E-state index is 0.350. The molecule has 0 saturated carbocycles. The average Bonchev–Trinajstić information content (AvgIpc) is 2.59. The fourth-order valence-corrected chi connectivity index (χ4v) is 4.01. The van der Waals surface area contributed by atoms with Crippen LogP contribution in [-0.2, 0) is 13.1 Å². The fraction of sp³-hybridized carbons (Fsp3) is 0.333. The van der Waals surface area contributed by atoms with Crippen LogP contribution >= 0.6 is 21.6 Å². The molecule has 0 aliphatic heterocycles. The van der Waals surface area contributed by atoms with Crippen LogP contribution in [-0.4, -0.2) is 34.8 Å². The Kier molecular flexibility index (Phi) is 8.91. The number of rotatable bonds is 11. The maximum Gasteiger partial charge on any atom is 0.120 e. The summed E-state index contributed by atoms with van der Waals surface area (Å²) in [5.41, 5.74) is 1.87. The molecule has 2 rings (SSSR count). The lowest BCUT2D eigenvalue weighted by molar-refractivity contribution is 0.464. The van der Waals surface area contributed by atoms with Crippen LogP contribution in [0.15, 0.2) is 48.5 Å². The summed E-state index contributed by atoms with van der Waals surface area (Å²) in [7, 11) is 3.69. The van der Waals surface area contributed by atoms with E-state index in [0.717, 1.165) is 35.7 Å². The first-order chi connectivity index (χ1) is 11.8. The van der Waals surface area contributed by atoms with E-state index in [9.17, 15) is 10.2 Å². The van der Waals surface area contributed by atoms with Crippen molar-refractivity contribution in [3.63, 3.8) is 0 Å². The van der Waals surface area contributed by atoms with Crippen molar-refractivity contribution in [2.24, 2.45) is 0 Å². The van der Waals surface area contributed by atoms with E-state index in [1.807, 2.05) is 58.0 Å². The largest absolute Gasteiger partial charge is 0.508 e. The molecular formula is C18H24N2O2S2. The molecule has 0 aromatic heterocycles. The third-order valence-corrected chi connectivity index (χ3v) is 5.83. The second-order valence-corrected chi connectivity index (χ2v) is 7.96. The molecule has 0 aliphatic carbocycles. The van der Waals surface area contributed by atoms with Gasteiger partial charge in [0.2, 0.25) is 0 Å². The molecule has 0 bridgehead atoms. The van der Waals surface area contributed by atoms with Crippen molar-refractivity contribution in [1.29, 1.82) is 0 Å². The fourth-order valence-electron chi connectivity index (χ4n) is 2.11. The quantitative estimate of drug-likeness (QED) is 0.362. The summed E-state index contributed by atoms with van der Waals surface area (Å²) in [6.07, 6.45) is 0. The van der Waals surface area contributed by atoms with Crippen LogP contribution in [0.2, 0.25) is 0 Å². The van der Waals surface area contributed by atoms with E-state index >= 15 is 0 Å². The standard InChI is InChI=1S/C18H24N2O2S2/c21-17-7-3-1-5-15(17)13-19-9-11-23-24-12-10-20-14-16-6-2-4-8-18(16)22/h1-8,19-22H,9-14H2. The first-order valence-electron chi connectivity index (χ1n) is 7.97. The Morgan fingerprint density at radius 2 is 1.08 bits per heavy atom. The summed E-state index contributed by atoms with van der Waals surface area (Å²) in [6, 6.07) is 14.8. The van der Waals surface area contributed by atoms with Crippen molar-refractivity contribution in [3.05, 3.63) is 59.7 Å². The van der Waals surface area contributed by atoms with Gasteiger partial charge in [0, 0.05) is 48.8 Å². The van der Waals surface area contributed by atoms with Gasteiger partial charge in [0.1, 0.15) is 11.5 Å². The molecule has 2 aromatic carbocycles. The molecule has 24 heavy (non-hydrogen) atoms. The van der Waals surface area contributed by atoms with Crippen molar-refractivity contribution >= 4 is 21.6 Å². The maximum atomic E-state index is 9.66. The molecule has 4 N–H and O–H groups in total. The van der Waals surface area contributed by atoms with E-state index in [1.165, 1.54) is 0 Å². The van der Waals surface area contributed by atoms with Crippen molar-refractivity contribution in [2.75, 3.05) is 24.6 Å². The normalized spacial score (nSPS) is 10.8. The molecule has 0 atom stereocenters.